The van der Waals surface area contributed by atoms with Gasteiger partial charge in [-0.2, -0.15) is 0 Å². The van der Waals surface area contributed by atoms with Crippen LogP contribution in [0.25, 0.3) is 0 Å². The molecule has 1 aromatic rings. The van der Waals surface area contributed by atoms with E-state index in [0.717, 1.165) is 26.0 Å². The highest BCUT2D eigenvalue weighted by Gasteiger charge is 2.15. The van der Waals surface area contributed by atoms with E-state index in [-0.39, 0.29) is 11.9 Å². The third-order valence-electron chi connectivity index (χ3n) is 3.30. The summed E-state index contributed by atoms with van der Waals surface area (Å²) in [6, 6.07) is 5.16. The van der Waals surface area contributed by atoms with E-state index < -0.39 is 0 Å². The predicted molar refractivity (Wildman–Crippen MR) is 82.9 cm³/mol. The summed E-state index contributed by atoms with van der Waals surface area (Å²) in [7, 11) is 1.71. The molecule has 0 spiro atoms. The van der Waals surface area contributed by atoms with Gasteiger partial charge in [-0.25, -0.2) is 4.39 Å². The van der Waals surface area contributed by atoms with Crippen molar-refractivity contribution in [2.24, 2.45) is 5.92 Å². The summed E-state index contributed by atoms with van der Waals surface area (Å²) in [4.78, 5) is 0. The lowest BCUT2D eigenvalue weighted by Crippen LogP contribution is -2.34. The Balaban J connectivity index is 2.67. The van der Waals surface area contributed by atoms with Gasteiger partial charge in [0.1, 0.15) is 5.82 Å². The molecule has 0 aliphatic carbocycles. The Bertz CT molecular complexity index is 400. The smallest absolute Gasteiger partial charge is 0.127 e. The second kappa shape index (κ2) is 9.32. The van der Waals surface area contributed by atoms with E-state index in [2.05, 4.69) is 19.2 Å². The maximum atomic E-state index is 13.9. The molecule has 2 nitrogen and oxygen atoms in total. The van der Waals surface area contributed by atoms with Crippen LogP contribution in [-0.2, 0) is 11.2 Å². The molecule has 1 N–H and O–H groups in total. The van der Waals surface area contributed by atoms with Crippen LogP contribution in [0, 0.1) is 11.7 Å². The van der Waals surface area contributed by atoms with Crippen LogP contribution in [0.15, 0.2) is 18.2 Å². The van der Waals surface area contributed by atoms with E-state index in [1.807, 2.05) is 0 Å². The molecule has 0 aliphatic heterocycles. The zero-order chi connectivity index (χ0) is 15.0. The Morgan fingerprint density at radius 2 is 2.15 bits per heavy atom. The van der Waals surface area contributed by atoms with Crippen molar-refractivity contribution in [1.82, 2.24) is 5.32 Å². The van der Waals surface area contributed by atoms with Crippen LogP contribution in [0.1, 0.15) is 32.3 Å². The zero-order valence-electron chi connectivity index (χ0n) is 12.6. The van der Waals surface area contributed by atoms with Crippen molar-refractivity contribution >= 4 is 11.6 Å². The molecule has 4 heteroatoms. The summed E-state index contributed by atoms with van der Waals surface area (Å²) in [6.07, 6.45) is 2.71. The summed E-state index contributed by atoms with van der Waals surface area (Å²) in [5.41, 5.74) is 0.715. The first-order chi connectivity index (χ1) is 9.56. The van der Waals surface area contributed by atoms with Crippen molar-refractivity contribution in [2.45, 2.75) is 39.2 Å². The van der Waals surface area contributed by atoms with Crippen molar-refractivity contribution in [1.29, 1.82) is 0 Å². The summed E-state index contributed by atoms with van der Waals surface area (Å²) in [6.45, 7) is 5.96. The fourth-order valence-corrected chi connectivity index (χ4v) is 2.54. The maximum Gasteiger partial charge on any atom is 0.127 e. The van der Waals surface area contributed by atoms with Gasteiger partial charge in [0.15, 0.2) is 0 Å². The molecule has 0 amide bonds. The Hall–Kier alpha value is -0.640. The minimum atomic E-state index is -0.222. The molecular weight excluding hydrogens is 277 g/mol. The Morgan fingerprint density at radius 1 is 1.40 bits per heavy atom. The predicted octanol–water partition coefficient (Wildman–Crippen LogP) is 4.06. The molecule has 0 fully saturated rings. The van der Waals surface area contributed by atoms with Crippen LogP contribution in [0.5, 0.6) is 0 Å². The highest BCUT2D eigenvalue weighted by atomic mass is 35.5. The van der Waals surface area contributed by atoms with Gasteiger partial charge in [-0.05, 0) is 49.4 Å². The Labute approximate surface area is 126 Å². The number of rotatable bonds is 9. The highest BCUT2D eigenvalue weighted by molar-refractivity contribution is 6.30. The van der Waals surface area contributed by atoms with Crippen molar-refractivity contribution in [2.75, 3.05) is 20.3 Å². The first-order valence-electron chi connectivity index (χ1n) is 7.23. The maximum absolute atomic E-state index is 13.9. The topological polar surface area (TPSA) is 21.3 Å². The molecule has 2 unspecified atom stereocenters. The molecule has 1 rings (SSSR count). The molecular formula is C16H25ClFNO. The summed E-state index contributed by atoms with van der Waals surface area (Å²) >= 11 is 5.79. The van der Waals surface area contributed by atoms with E-state index in [9.17, 15) is 4.39 Å². The van der Waals surface area contributed by atoms with Gasteiger partial charge in [0, 0.05) is 24.8 Å². The number of benzene rings is 1. The first kappa shape index (κ1) is 17.4. The van der Waals surface area contributed by atoms with Gasteiger partial charge in [0.25, 0.3) is 0 Å². The Kier molecular flexibility index (Phi) is 8.12. The fourth-order valence-electron chi connectivity index (χ4n) is 2.38. The second-order valence-electron chi connectivity index (χ2n) is 5.39. The lowest BCUT2D eigenvalue weighted by molar-refractivity contribution is 0.149. The summed E-state index contributed by atoms with van der Waals surface area (Å²) in [5, 5.41) is 3.94. The number of methoxy groups -OCH3 is 1. The van der Waals surface area contributed by atoms with Crippen LogP contribution < -0.4 is 5.32 Å². The lowest BCUT2D eigenvalue weighted by Gasteiger charge is -2.22. The van der Waals surface area contributed by atoms with Crippen LogP contribution in [0.4, 0.5) is 4.39 Å². The summed E-state index contributed by atoms with van der Waals surface area (Å²) in [5.74, 6) is 0.227. The standard InChI is InChI=1S/C16H25ClFNO/c1-4-7-19-15(8-12(2)11-20-3)9-13-5-6-14(17)10-16(13)18/h5-6,10,12,15,19H,4,7-9,11H2,1-3H3. The van der Waals surface area contributed by atoms with Crippen LogP contribution in [-0.4, -0.2) is 26.3 Å². The molecule has 0 saturated heterocycles. The van der Waals surface area contributed by atoms with Crippen molar-refractivity contribution in [3.63, 3.8) is 0 Å². The van der Waals surface area contributed by atoms with Gasteiger partial charge in [0.05, 0.1) is 0 Å². The third kappa shape index (κ3) is 6.21. The molecule has 0 aliphatic rings. The number of halogens is 2. The molecule has 114 valence electrons. The second-order valence-corrected chi connectivity index (χ2v) is 5.82. The lowest BCUT2D eigenvalue weighted by atomic mass is 9.96. The number of hydrogen-bond donors (Lipinski definition) is 1. The largest absolute Gasteiger partial charge is 0.384 e. The molecule has 0 heterocycles. The van der Waals surface area contributed by atoms with Gasteiger partial charge >= 0.3 is 0 Å². The number of nitrogens with one attached hydrogen (secondary N) is 1. The Morgan fingerprint density at radius 3 is 2.75 bits per heavy atom. The molecule has 1 aromatic carbocycles. The van der Waals surface area contributed by atoms with E-state index in [1.54, 1.807) is 19.2 Å². The van der Waals surface area contributed by atoms with E-state index >= 15 is 0 Å². The van der Waals surface area contributed by atoms with Crippen molar-refractivity contribution in [3.8, 4) is 0 Å². The molecule has 0 saturated carbocycles. The van der Waals surface area contributed by atoms with Gasteiger partial charge < -0.3 is 10.1 Å². The van der Waals surface area contributed by atoms with Gasteiger partial charge in [0.2, 0.25) is 0 Å². The summed E-state index contributed by atoms with van der Waals surface area (Å²) < 4.78 is 19.1. The van der Waals surface area contributed by atoms with E-state index in [1.165, 1.54) is 6.07 Å². The fraction of sp³-hybridized carbons (Fsp3) is 0.625. The monoisotopic (exact) mass is 301 g/mol. The first-order valence-corrected chi connectivity index (χ1v) is 7.60. The van der Waals surface area contributed by atoms with Gasteiger partial charge in [-0.3, -0.25) is 0 Å². The number of hydrogen-bond acceptors (Lipinski definition) is 2. The van der Waals surface area contributed by atoms with Crippen molar-refractivity contribution < 1.29 is 9.13 Å². The molecule has 0 bridgehead atoms. The minimum absolute atomic E-state index is 0.222. The van der Waals surface area contributed by atoms with E-state index in [0.29, 0.717) is 22.9 Å². The molecule has 2 atom stereocenters. The molecule has 0 aromatic heterocycles. The van der Waals surface area contributed by atoms with Gasteiger partial charge in [-0.1, -0.05) is 31.5 Å². The average molecular weight is 302 g/mol. The van der Waals surface area contributed by atoms with Crippen LogP contribution in [0.2, 0.25) is 5.02 Å². The number of ether oxygens (including phenoxy) is 1. The quantitative estimate of drug-likeness (QED) is 0.742. The SMILES string of the molecule is CCCNC(Cc1ccc(Cl)cc1F)CC(C)COC. The van der Waals surface area contributed by atoms with Crippen LogP contribution >= 0.6 is 11.6 Å². The van der Waals surface area contributed by atoms with Crippen molar-refractivity contribution in [3.05, 3.63) is 34.6 Å². The average Bonchev–Trinajstić information content (AvgIpc) is 2.39. The minimum Gasteiger partial charge on any atom is -0.384 e. The van der Waals surface area contributed by atoms with Crippen LogP contribution in [0.3, 0.4) is 0 Å². The normalized spacial score (nSPS) is 14.2. The zero-order valence-corrected chi connectivity index (χ0v) is 13.3. The van der Waals surface area contributed by atoms with E-state index in [4.69, 9.17) is 16.3 Å². The third-order valence-corrected chi connectivity index (χ3v) is 3.54. The molecule has 20 heavy (non-hydrogen) atoms. The van der Waals surface area contributed by atoms with Gasteiger partial charge in [-0.15, -0.1) is 0 Å². The highest BCUT2D eigenvalue weighted by Crippen LogP contribution is 2.18. The molecule has 0 radical (unpaired) electrons.